The van der Waals surface area contributed by atoms with Crippen LogP contribution >= 0.6 is 0 Å². The Kier molecular flexibility index (Phi) is 5.15. The van der Waals surface area contributed by atoms with Gasteiger partial charge in [-0.1, -0.05) is 6.07 Å². The van der Waals surface area contributed by atoms with Gasteiger partial charge in [-0.2, -0.15) is 5.10 Å². The number of pyridine rings is 1. The Morgan fingerprint density at radius 3 is 2.87 bits per heavy atom. The van der Waals surface area contributed by atoms with E-state index >= 15 is 0 Å². The number of hydrogen-bond donors (Lipinski definition) is 0. The molecule has 0 aromatic carbocycles. The van der Waals surface area contributed by atoms with Crippen LogP contribution in [0, 0.1) is 5.92 Å². The summed E-state index contributed by atoms with van der Waals surface area (Å²) in [6.45, 7) is 3.20. The molecule has 1 amide bonds. The van der Waals surface area contributed by atoms with Gasteiger partial charge in [0.15, 0.2) is 5.69 Å². The molecular formula is C23H25N5O3. The summed E-state index contributed by atoms with van der Waals surface area (Å²) in [5, 5.41) is 7.79. The van der Waals surface area contributed by atoms with Crippen molar-refractivity contribution in [1.29, 1.82) is 0 Å². The first kappa shape index (κ1) is 19.7. The molecule has 1 fully saturated rings. The minimum Gasteiger partial charge on any atom is -0.472 e. The van der Waals surface area contributed by atoms with Gasteiger partial charge in [0.1, 0.15) is 0 Å². The lowest BCUT2D eigenvalue weighted by Crippen LogP contribution is -2.49. The number of aromatic nitrogens is 3. The first-order valence-corrected chi connectivity index (χ1v) is 10.6. The van der Waals surface area contributed by atoms with Crippen LogP contribution in [-0.4, -0.2) is 50.6 Å². The summed E-state index contributed by atoms with van der Waals surface area (Å²) >= 11 is 0. The van der Waals surface area contributed by atoms with E-state index in [-0.39, 0.29) is 23.3 Å². The van der Waals surface area contributed by atoms with E-state index in [1.165, 1.54) is 0 Å². The highest BCUT2D eigenvalue weighted by molar-refractivity contribution is 5.92. The number of hydrogen-bond acceptors (Lipinski definition) is 6. The largest absolute Gasteiger partial charge is 0.472 e. The van der Waals surface area contributed by atoms with Gasteiger partial charge in [-0.15, -0.1) is 5.10 Å². The molecule has 1 saturated heterocycles. The maximum absolute atomic E-state index is 13.2. The molecule has 2 aliphatic heterocycles. The molecule has 2 bridgehead atoms. The first-order chi connectivity index (χ1) is 15.1. The van der Waals surface area contributed by atoms with Crippen molar-refractivity contribution in [1.82, 2.24) is 24.6 Å². The van der Waals surface area contributed by atoms with Gasteiger partial charge in [0.2, 0.25) is 0 Å². The van der Waals surface area contributed by atoms with E-state index in [1.54, 1.807) is 30.9 Å². The van der Waals surface area contributed by atoms with Crippen LogP contribution < -0.4 is 5.56 Å². The molecule has 2 aliphatic rings. The highest BCUT2D eigenvalue weighted by Crippen LogP contribution is 2.35. The standard InChI is InChI=1S/C23H25N5O3/c1-26(10-16-6-8-31-15-16)13-18-4-5-21-19-9-17(12-28(21)22(18)29)11-27(14-19)23(30)20-3-2-7-24-25-20/h2-8,15,17,19H,9-14H2,1H3/t17-,19+/m0/s1. The Morgan fingerprint density at radius 2 is 2.10 bits per heavy atom. The van der Waals surface area contributed by atoms with Crippen molar-refractivity contribution in [2.24, 2.45) is 5.92 Å². The van der Waals surface area contributed by atoms with Crippen LogP contribution in [0.4, 0.5) is 0 Å². The zero-order chi connectivity index (χ0) is 21.4. The lowest BCUT2D eigenvalue weighted by atomic mass is 9.83. The predicted octanol–water partition coefficient (Wildman–Crippen LogP) is 2.12. The van der Waals surface area contributed by atoms with Crippen LogP contribution in [0.25, 0.3) is 0 Å². The molecule has 5 heterocycles. The first-order valence-electron chi connectivity index (χ1n) is 10.6. The van der Waals surface area contributed by atoms with E-state index in [2.05, 4.69) is 21.2 Å². The van der Waals surface area contributed by atoms with Crippen molar-refractivity contribution in [3.05, 3.63) is 81.9 Å². The number of furan rings is 1. The second-order valence-corrected chi connectivity index (χ2v) is 8.62. The molecule has 0 unspecified atom stereocenters. The summed E-state index contributed by atoms with van der Waals surface area (Å²) in [4.78, 5) is 30.1. The van der Waals surface area contributed by atoms with Crippen molar-refractivity contribution >= 4 is 5.91 Å². The van der Waals surface area contributed by atoms with Crippen molar-refractivity contribution in [2.45, 2.75) is 32.0 Å². The second-order valence-electron chi connectivity index (χ2n) is 8.62. The Hall–Kier alpha value is -3.26. The van der Waals surface area contributed by atoms with Crippen LogP contribution in [-0.2, 0) is 19.6 Å². The van der Waals surface area contributed by atoms with E-state index in [4.69, 9.17) is 4.42 Å². The van der Waals surface area contributed by atoms with Gasteiger partial charge < -0.3 is 13.9 Å². The van der Waals surface area contributed by atoms with Gasteiger partial charge in [0.05, 0.1) is 12.5 Å². The Bertz CT molecular complexity index is 1130. The normalized spacial score (nSPS) is 20.0. The van der Waals surface area contributed by atoms with Crippen LogP contribution in [0.2, 0.25) is 0 Å². The minimum atomic E-state index is -0.0870. The summed E-state index contributed by atoms with van der Waals surface area (Å²) in [6.07, 6.45) is 5.96. The molecule has 5 rings (SSSR count). The average molecular weight is 419 g/mol. The number of likely N-dealkylation sites (tertiary alicyclic amines) is 1. The van der Waals surface area contributed by atoms with Gasteiger partial charge in [-0.25, -0.2) is 0 Å². The number of amides is 1. The van der Waals surface area contributed by atoms with Crippen LogP contribution in [0.1, 0.15) is 39.6 Å². The van der Waals surface area contributed by atoms with E-state index in [0.717, 1.165) is 29.8 Å². The highest BCUT2D eigenvalue weighted by atomic mass is 16.3. The van der Waals surface area contributed by atoms with Gasteiger partial charge in [0.25, 0.3) is 11.5 Å². The molecule has 0 N–H and O–H groups in total. The van der Waals surface area contributed by atoms with Crippen LogP contribution in [0.5, 0.6) is 0 Å². The monoisotopic (exact) mass is 419 g/mol. The topological polar surface area (TPSA) is 84.5 Å². The van der Waals surface area contributed by atoms with Crippen molar-refractivity contribution in [3.8, 4) is 0 Å². The second kappa shape index (κ2) is 8.11. The van der Waals surface area contributed by atoms with Crippen LogP contribution in [0.15, 0.2) is 58.3 Å². The number of fused-ring (bicyclic) bond motifs is 4. The fourth-order valence-electron chi connectivity index (χ4n) is 4.90. The third kappa shape index (κ3) is 3.90. The SMILES string of the molecule is CN(Cc1ccoc1)Cc1ccc2n(c1=O)C[C@H]1C[C@@H]2CN(C(=O)c2cccnn2)C1. The van der Waals surface area contributed by atoms with Crippen molar-refractivity contribution < 1.29 is 9.21 Å². The average Bonchev–Trinajstić information content (AvgIpc) is 3.29. The molecule has 8 nitrogen and oxygen atoms in total. The number of carbonyl (C=O) groups excluding carboxylic acids is 1. The molecule has 3 aromatic rings. The molecule has 31 heavy (non-hydrogen) atoms. The lowest BCUT2D eigenvalue weighted by Gasteiger charge is -2.42. The highest BCUT2D eigenvalue weighted by Gasteiger charge is 2.37. The van der Waals surface area contributed by atoms with Gasteiger partial charge in [0, 0.05) is 61.7 Å². The van der Waals surface area contributed by atoms with Crippen LogP contribution in [0.3, 0.4) is 0 Å². The summed E-state index contributed by atoms with van der Waals surface area (Å²) in [6, 6.07) is 9.38. The minimum absolute atomic E-state index is 0.0833. The maximum Gasteiger partial charge on any atom is 0.274 e. The number of piperidine rings is 1. The summed E-state index contributed by atoms with van der Waals surface area (Å²) < 4.78 is 7.07. The third-order valence-electron chi connectivity index (χ3n) is 6.23. The summed E-state index contributed by atoms with van der Waals surface area (Å²) in [7, 11) is 2.00. The summed E-state index contributed by atoms with van der Waals surface area (Å²) in [5.41, 5.74) is 3.36. The molecule has 0 spiro atoms. The Morgan fingerprint density at radius 1 is 1.19 bits per heavy atom. The van der Waals surface area contributed by atoms with E-state index in [0.29, 0.717) is 31.9 Å². The Labute approximate surface area is 180 Å². The zero-order valence-electron chi connectivity index (χ0n) is 17.5. The fourth-order valence-corrected chi connectivity index (χ4v) is 4.90. The molecule has 8 heteroatoms. The van der Waals surface area contributed by atoms with E-state index < -0.39 is 0 Å². The molecule has 0 radical (unpaired) electrons. The molecule has 3 aromatic heterocycles. The number of rotatable bonds is 5. The predicted molar refractivity (Wildman–Crippen MR) is 113 cm³/mol. The fraction of sp³-hybridized carbons (Fsp3) is 0.391. The molecule has 0 aliphatic carbocycles. The summed E-state index contributed by atoms with van der Waals surface area (Å²) in [5.74, 6) is 0.345. The van der Waals surface area contributed by atoms with Gasteiger partial charge in [-0.05, 0) is 43.7 Å². The molecule has 0 saturated carbocycles. The number of carbonyl (C=O) groups is 1. The van der Waals surface area contributed by atoms with Gasteiger partial charge in [-0.3, -0.25) is 14.5 Å². The number of nitrogens with zero attached hydrogens (tertiary/aromatic N) is 5. The zero-order valence-corrected chi connectivity index (χ0v) is 17.5. The third-order valence-corrected chi connectivity index (χ3v) is 6.23. The van der Waals surface area contributed by atoms with Crippen molar-refractivity contribution in [3.63, 3.8) is 0 Å². The quantitative estimate of drug-likeness (QED) is 0.630. The maximum atomic E-state index is 13.2. The van der Waals surface area contributed by atoms with Gasteiger partial charge >= 0.3 is 0 Å². The molecule has 2 atom stereocenters. The lowest BCUT2D eigenvalue weighted by molar-refractivity contribution is 0.0587. The van der Waals surface area contributed by atoms with E-state index in [9.17, 15) is 9.59 Å². The van der Waals surface area contributed by atoms with E-state index in [1.807, 2.05) is 28.6 Å². The Balaban J connectivity index is 1.34. The van der Waals surface area contributed by atoms with Crippen molar-refractivity contribution in [2.75, 3.05) is 20.1 Å². The molecule has 160 valence electrons. The molecular weight excluding hydrogens is 394 g/mol. The smallest absolute Gasteiger partial charge is 0.274 e.